The van der Waals surface area contributed by atoms with Gasteiger partial charge < -0.3 is 15.0 Å². The maximum Gasteiger partial charge on any atom is 0.248 e. The number of hydrogen-bond acceptors (Lipinski definition) is 3. The molecule has 0 atom stereocenters. The molecule has 0 aliphatic heterocycles. The van der Waals surface area contributed by atoms with Crippen LogP contribution in [0.1, 0.15) is 12.0 Å². The van der Waals surface area contributed by atoms with E-state index in [9.17, 15) is 4.79 Å². The average molecular weight is 361 g/mol. The zero-order valence-electron chi connectivity index (χ0n) is 14.6. The lowest BCUT2D eigenvalue weighted by Gasteiger charge is -2.13. The van der Waals surface area contributed by atoms with Gasteiger partial charge in [0.2, 0.25) is 5.91 Å². The van der Waals surface area contributed by atoms with Crippen LogP contribution in [-0.4, -0.2) is 38.1 Å². The second-order valence-corrected chi connectivity index (χ2v) is 5.73. The van der Waals surface area contributed by atoms with E-state index in [1.54, 1.807) is 6.08 Å². The van der Waals surface area contributed by atoms with Gasteiger partial charge in [-0.1, -0.05) is 42.5 Å². The second kappa shape index (κ2) is 11.3. The highest BCUT2D eigenvalue weighted by atomic mass is 35.5. The van der Waals surface area contributed by atoms with E-state index in [0.717, 1.165) is 18.5 Å². The molecule has 134 valence electrons. The summed E-state index contributed by atoms with van der Waals surface area (Å²) in [6.45, 7) is 1.58. The van der Waals surface area contributed by atoms with Crippen LogP contribution in [-0.2, 0) is 4.79 Å². The Morgan fingerprint density at radius 1 is 1.08 bits per heavy atom. The Bertz CT molecular complexity index is 672. The predicted octanol–water partition coefficient (Wildman–Crippen LogP) is 4.09. The first-order chi connectivity index (χ1) is 11.6. The topological polar surface area (TPSA) is 41.6 Å². The number of halogens is 1. The fourth-order valence-corrected chi connectivity index (χ4v) is 2.17. The molecule has 0 radical (unpaired) electrons. The molecule has 4 nitrogen and oxygen atoms in total. The van der Waals surface area contributed by atoms with E-state index in [1.807, 2.05) is 68.7 Å². The van der Waals surface area contributed by atoms with Gasteiger partial charge in [0.25, 0.3) is 0 Å². The maximum atomic E-state index is 12.1. The minimum absolute atomic E-state index is 0. The van der Waals surface area contributed by atoms with Crippen molar-refractivity contribution in [3.8, 4) is 5.75 Å². The molecule has 0 unspecified atom stereocenters. The summed E-state index contributed by atoms with van der Waals surface area (Å²) >= 11 is 0. The first-order valence-electron chi connectivity index (χ1n) is 8.06. The Kier molecular flexibility index (Phi) is 9.37. The van der Waals surface area contributed by atoms with Gasteiger partial charge in [0, 0.05) is 12.6 Å². The van der Waals surface area contributed by atoms with Crippen LogP contribution in [0.25, 0.3) is 6.08 Å². The molecular formula is C20H25ClN2O2. The molecule has 2 aromatic rings. The first kappa shape index (κ1) is 20.7. The smallest absolute Gasteiger partial charge is 0.248 e. The van der Waals surface area contributed by atoms with E-state index in [2.05, 4.69) is 10.2 Å². The van der Waals surface area contributed by atoms with Crippen LogP contribution in [0.5, 0.6) is 5.75 Å². The van der Waals surface area contributed by atoms with E-state index in [1.165, 1.54) is 6.08 Å². The van der Waals surface area contributed by atoms with Gasteiger partial charge in [-0.25, -0.2) is 0 Å². The van der Waals surface area contributed by atoms with Gasteiger partial charge in [0.15, 0.2) is 0 Å². The molecular weight excluding hydrogens is 336 g/mol. The molecule has 0 spiro atoms. The molecule has 0 saturated heterocycles. The Hall–Kier alpha value is -2.30. The van der Waals surface area contributed by atoms with Gasteiger partial charge in [0.05, 0.1) is 12.3 Å². The van der Waals surface area contributed by atoms with E-state index in [0.29, 0.717) is 18.0 Å². The summed E-state index contributed by atoms with van der Waals surface area (Å²) in [5.74, 6) is 0.515. The highest BCUT2D eigenvalue weighted by Crippen LogP contribution is 2.23. The third-order valence-corrected chi connectivity index (χ3v) is 3.38. The third kappa shape index (κ3) is 7.88. The minimum Gasteiger partial charge on any atom is -0.491 e. The number of carbonyl (C=O) groups is 1. The molecule has 1 N–H and O–H groups in total. The van der Waals surface area contributed by atoms with Crippen LogP contribution in [0, 0.1) is 0 Å². The molecule has 0 fully saturated rings. The number of anilines is 1. The van der Waals surface area contributed by atoms with Gasteiger partial charge in [-0.15, -0.1) is 12.4 Å². The van der Waals surface area contributed by atoms with Gasteiger partial charge in [-0.3, -0.25) is 4.79 Å². The summed E-state index contributed by atoms with van der Waals surface area (Å²) in [4.78, 5) is 14.2. The van der Waals surface area contributed by atoms with E-state index in [4.69, 9.17) is 4.74 Å². The summed E-state index contributed by atoms with van der Waals surface area (Å²) in [7, 11) is 4.07. The van der Waals surface area contributed by atoms with Crippen molar-refractivity contribution in [1.82, 2.24) is 4.90 Å². The molecule has 1 amide bonds. The fraction of sp³-hybridized carbons (Fsp3) is 0.250. The van der Waals surface area contributed by atoms with Crippen molar-refractivity contribution in [1.29, 1.82) is 0 Å². The van der Waals surface area contributed by atoms with Crippen LogP contribution in [0.15, 0.2) is 60.7 Å². The van der Waals surface area contributed by atoms with Gasteiger partial charge in [0.1, 0.15) is 5.75 Å². The molecule has 2 rings (SSSR count). The zero-order valence-corrected chi connectivity index (χ0v) is 15.5. The molecule has 0 aliphatic carbocycles. The first-order valence-corrected chi connectivity index (χ1v) is 8.06. The molecule has 5 heteroatoms. The second-order valence-electron chi connectivity index (χ2n) is 5.73. The fourth-order valence-electron chi connectivity index (χ4n) is 2.17. The number of nitrogens with one attached hydrogen (secondary N) is 1. The highest BCUT2D eigenvalue weighted by molar-refractivity contribution is 6.02. The average Bonchev–Trinajstić information content (AvgIpc) is 2.59. The third-order valence-electron chi connectivity index (χ3n) is 3.38. The number of carbonyl (C=O) groups excluding carboxylic acids is 1. The Balaban J connectivity index is 0.00000312. The highest BCUT2D eigenvalue weighted by Gasteiger charge is 2.05. The Morgan fingerprint density at radius 3 is 2.48 bits per heavy atom. The van der Waals surface area contributed by atoms with Gasteiger partial charge >= 0.3 is 0 Å². The van der Waals surface area contributed by atoms with Gasteiger partial charge in [-0.2, -0.15) is 0 Å². The summed E-state index contributed by atoms with van der Waals surface area (Å²) in [5, 5.41) is 2.87. The van der Waals surface area contributed by atoms with Crippen molar-refractivity contribution in [2.45, 2.75) is 6.42 Å². The number of hydrogen-bond donors (Lipinski definition) is 1. The largest absolute Gasteiger partial charge is 0.491 e. The summed E-state index contributed by atoms with van der Waals surface area (Å²) < 4.78 is 5.79. The van der Waals surface area contributed by atoms with Crippen molar-refractivity contribution < 1.29 is 9.53 Å². The molecule has 2 aromatic carbocycles. The van der Waals surface area contributed by atoms with Crippen LogP contribution < -0.4 is 10.1 Å². The van der Waals surface area contributed by atoms with Crippen LogP contribution in [0.2, 0.25) is 0 Å². The van der Waals surface area contributed by atoms with Crippen molar-refractivity contribution in [3.63, 3.8) is 0 Å². The number of rotatable bonds is 8. The maximum absolute atomic E-state index is 12.1. The number of nitrogens with zero attached hydrogens (tertiary/aromatic N) is 1. The lowest BCUT2D eigenvalue weighted by molar-refractivity contribution is -0.111. The van der Waals surface area contributed by atoms with Crippen molar-refractivity contribution >= 4 is 30.1 Å². The SMILES string of the molecule is CN(C)CCCOc1ccccc1NC(=O)C=Cc1ccccc1.Cl. The van der Waals surface area contributed by atoms with Crippen molar-refractivity contribution in [2.75, 3.05) is 32.6 Å². The molecule has 0 aliphatic rings. The lowest BCUT2D eigenvalue weighted by atomic mass is 10.2. The lowest BCUT2D eigenvalue weighted by Crippen LogP contribution is -2.16. The molecule has 0 heterocycles. The summed E-state index contributed by atoms with van der Waals surface area (Å²) in [6, 6.07) is 17.2. The molecule has 0 bridgehead atoms. The van der Waals surface area contributed by atoms with Crippen molar-refractivity contribution in [2.24, 2.45) is 0 Å². The van der Waals surface area contributed by atoms with E-state index >= 15 is 0 Å². The summed E-state index contributed by atoms with van der Waals surface area (Å²) in [5.41, 5.74) is 1.67. The van der Waals surface area contributed by atoms with E-state index in [-0.39, 0.29) is 18.3 Å². The quantitative estimate of drug-likeness (QED) is 0.569. The Labute approximate surface area is 155 Å². The normalized spacial score (nSPS) is 10.5. The predicted molar refractivity (Wildman–Crippen MR) is 106 cm³/mol. The Morgan fingerprint density at radius 2 is 1.76 bits per heavy atom. The minimum atomic E-state index is -0.178. The standard InChI is InChI=1S/C20H24N2O2.ClH/c1-22(2)15-8-16-24-19-12-7-6-11-18(19)21-20(23)14-13-17-9-4-3-5-10-17;/h3-7,9-14H,8,15-16H2,1-2H3,(H,21,23);1H. The van der Waals surface area contributed by atoms with Crippen LogP contribution >= 0.6 is 12.4 Å². The van der Waals surface area contributed by atoms with E-state index < -0.39 is 0 Å². The zero-order chi connectivity index (χ0) is 17.2. The number of para-hydroxylation sites is 2. The molecule has 0 saturated carbocycles. The van der Waals surface area contributed by atoms with Crippen LogP contribution in [0.4, 0.5) is 5.69 Å². The van der Waals surface area contributed by atoms with Crippen LogP contribution in [0.3, 0.4) is 0 Å². The number of ether oxygens (including phenoxy) is 1. The summed E-state index contributed by atoms with van der Waals surface area (Å²) in [6.07, 6.45) is 4.25. The van der Waals surface area contributed by atoms with Crippen molar-refractivity contribution in [3.05, 3.63) is 66.2 Å². The molecule has 0 aromatic heterocycles. The molecule has 25 heavy (non-hydrogen) atoms. The van der Waals surface area contributed by atoms with Gasteiger partial charge in [-0.05, 0) is 44.3 Å². The number of benzene rings is 2. The number of amides is 1. The monoisotopic (exact) mass is 360 g/mol.